The highest BCUT2D eigenvalue weighted by atomic mass is 15.1. The first-order valence-electron chi connectivity index (χ1n) is 25.3. The Balaban J connectivity index is 0.873. The van der Waals surface area contributed by atoms with Gasteiger partial charge >= 0.3 is 0 Å². The minimum Gasteiger partial charge on any atom is -0.310 e. The molecule has 13 rings (SSSR count). The molecule has 0 atom stereocenters. The van der Waals surface area contributed by atoms with Gasteiger partial charge in [0, 0.05) is 39.2 Å². The Kier molecular flexibility index (Phi) is 10.9. The zero-order valence-corrected chi connectivity index (χ0v) is 41.0. The van der Waals surface area contributed by atoms with Crippen molar-refractivity contribution in [1.29, 1.82) is 0 Å². The van der Waals surface area contributed by atoms with Crippen LogP contribution in [0.5, 0.6) is 0 Å². The van der Waals surface area contributed by atoms with Crippen LogP contribution in [-0.4, -0.2) is 0 Å². The van der Waals surface area contributed by atoms with Gasteiger partial charge in [0.15, 0.2) is 0 Å². The molecule has 0 fully saturated rings. The summed E-state index contributed by atoms with van der Waals surface area (Å²) in [6.45, 7) is 4.78. The molecular weight excluding hydrogens is 881 g/mol. The number of hydrogen-bond donors (Lipinski definition) is 0. The van der Waals surface area contributed by atoms with Crippen molar-refractivity contribution >= 4 is 55.7 Å². The molecule has 12 aromatic rings. The molecule has 0 amide bonds. The van der Waals surface area contributed by atoms with E-state index in [1.165, 1.54) is 88.3 Å². The number of rotatable bonds is 10. The van der Waals surface area contributed by atoms with E-state index in [-0.39, 0.29) is 5.41 Å². The van der Waals surface area contributed by atoms with Gasteiger partial charge in [0.1, 0.15) is 0 Å². The summed E-state index contributed by atoms with van der Waals surface area (Å²) >= 11 is 0. The summed E-state index contributed by atoms with van der Waals surface area (Å²) < 4.78 is 0. The highest BCUT2D eigenvalue weighted by Gasteiger charge is 2.37. The standard InChI is InChI=1S/C71H52N2/c1-71(2)68-47-61(72(58-21-10-5-11-22-58)59-38-34-55(35-39-59)53-30-26-51(27-31-53)49-16-6-3-7-17-49)42-44-65(68)66-45-43-62(48-69(66)71)73(70-46-57-20-12-13-23-63(57)64-24-14-15-25-67(64)70)60-40-36-56(37-41-60)54-32-28-52(29-33-54)50-18-8-4-9-19-50/h3-48H,1-2H3. The molecule has 0 saturated carbocycles. The lowest BCUT2D eigenvalue weighted by atomic mass is 9.82. The average Bonchev–Trinajstić information content (AvgIpc) is 3.69. The Bertz CT molecular complexity index is 3940. The third-order valence-electron chi connectivity index (χ3n) is 15.1. The van der Waals surface area contributed by atoms with Gasteiger partial charge in [-0.1, -0.05) is 226 Å². The fourth-order valence-corrected chi connectivity index (χ4v) is 11.2. The Labute approximate surface area is 428 Å². The van der Waals surface area contributed by atoms with Gasteiger partial charge in [-0.25, -0.2) is 0 Å². The first kappa shape index (κ1) is 43.8. The highest BCUT2D eigenvalue weighted by Crippen LogP contribution is 2.53. The van der Waals surface area contributed by atoms with Gasteiger partial charge in [0.25, 0.3) is 0 Å². The summed E-state index contributed by atoms with van der Waals surface area (Å²) in [6, 6.07) is 102. The summed E-state index contributed by atoms with van der Waals surface area (Å²) in [6.07, 6.45) is 0. The summed E-state index contributed by atoms with van der Waals surface area (Å²) in [5.41, 5.74) is 21.3. The predicted molar refractivity (Wildman–Crippen MR) is 310 cm³/mol. The number of fused-ring (bicyclic) bond motifs is 6. The molecule has 0 heterocycles. The van der Waals surface area contributed by atoms with Crippen LogP contribution in [0, 0.1) is 0 Å². The molecule has 73 heavy (non-hydrogen) atoms. The van der Waals surface area contributed by atoms with E-state index in [9.17, 15) is 0 Å². The maximum absolute atomic E-state index is 2.47. The van der Waals surface area contributed by atoms with E-state index in [4.69, 9.17) is 0 Å². The van der Waals surface area contributed by atoms with E-state index in [1.807, 2.05) is 0 Å². The van der Waals surface area contributed by atoms with Crippen molar-refractivity contribution in [1.82, 2.24) is 0 Å². The first-order valence-corrected chi connectivity index (χ1v) is 25.3. The van der Waals surface area contributed by atoms with E-state index in [2.05, 4.69) is 303 Å². The minimum absolute atomic E-state index is 0.290. The Morgan fingerprint density at radius 2 is 0.575 bits per heavy atom. The average molecular weight is 933 g/mol. The summed E-state index contributed by atoms with van der Waals surface area (Å²) in [4.78, 5) is 4.86. The molecule has 2 heteroatoms. The van der Waals surface area contributed by atoms with E-state index < -0.39 is 0 Å². The van der Waals surface area contributed by atoms with Crippen LogP contribution in [0.4, 0.5) is 34.1 Å². The fourth-order valence-electron chi connectivity index (χ4n) is 11.2. The maximum Gasteiger partial charge on any atom is 0.0546 e. The van der Waals surface area contributed by atoms with Crippen molar-refractivity contribution in [2.24, 2.45) is 0 Å². The van der Waals surface area contributed by atoms with E-state index >= 15 is 0 Å². The van der Waals surface area contributed by atoms with Crippen molar-refractivity contribution in [3.8, 4) is 55.6 Å². The molecule has 12 aromatic carbocycles. The molecule has 0 saturated heterocycles. The maximum atomic E-state index is 2.47. The molecular formula is C71H52N2. The molecule has 1 aliphatic carbocycles. The first-order chi connectivity index (χ1) is 35.9. The smallest absolute Gasteiger partial charge is 0.0546 e. The topological polar surface area (TPSA) is 6.48 Å². The second-order valence-corrected chi connectivity index (χ2v) is 19.7. The molecule has 0 aliphatic heterocycles. The lowest BCUT2D eigenvalue weighted by Crippen LogP contribution is -2.17. The summed E-state index contributed by atoms with van der Waals surface area (Å²) in [5, 5.41) is 4.93. The fraction of sp³-hybridized carbons (Fsp3) is 0.0423. The van der Waals surface area contributed by atoms with Crippen LogP contribution in [0.3, 0.4) is 0 Å². The molecule has 0 radical (unpaired) electrons. The lowest BCUT2D eigenvalue weighted by molar-refractivity contribution is 0.660. The second-order valence-electron chi connectivity index (χ2n) is 19.7. The van der Waals surface area contributed by atoms with Crippen molar-refractivity contribution < 1.29 is 0 Å². The third-order valence-corrected chi connectivity index (χ3v) is 15.1. The van der Waals surface area contributed by atoms with Gasteiger partial charge in [-0.05, 0) is 150 Å². The van der Waals surface area contributed by atoms with Crippen molar-refractivity contribution in [2.75, 3.05) is 9.80 Å². The van der Waals surface area contributed by atoms with E-state index in [1.54, 1.807) is 0 Å². The van der Waals surface area contributed by atoms with Crippen LogP contribution in [0.25, 0.3) is 77.2 Å². The predicted octanol–water partition coefficient (Wildman–Crippen LogP) is 19.9. The van der Waals surface area contributed by atoms with Crippen LogP contribution < -0.4 is 9.80 Å². The van der Waals surface area contributed by atoms with Gasteiger partial charge in [-0.15, -0.1) is 0 Å². The van der Waals surface area contributed by atoms with Crippen LogP contribution in [0.1, 0.15) is 25.0 Å². The van der Waals surface area contributed by atoms with Crippen molar-refractivity contribution in [2.45, 2.75) is 19.3 Å². The monoisotopic (exact) mass is 932 g/mol. The van der Waals surface area contributed by atoms with Crippen LogP contribution >= 0.6 is 0 Å². The van der Waals surface area contributed by atoms with E-state index in [0.29, 0.717) is 0 Å². The number of hydrogen-bond acceptors (Lipinski definition) is 2. The number of anilines is 6. The second kappa shape index (κ2) is 18.2. The number of para-hydroxylation sites is 1. The number of nitrogens with zero attached hydrogens (tertiary/aromatic N) is 2. The van der Waals surface area contributed by atoms with Crippen LogP contribution in [0.15, 0.2) is 279 Å². The Morgan fingerprint density at radius 3 is 1.05 bits per heavy atom. The molecule has 1 aliphatic rings. The summed E-state index contributed by atoms with van der Waals surface area (Å²) in [5.74, 6) is 0. The molecule has 0 aromatic heterocycles. The van der Waals surface area contributed by atoms with Crippen LogP contribution in [-0.2, 0) is 5.41 Å². The largest absolute Gasteiger partial charge is 0.310 e. The zero-order chi connectivity index (χ0) is 48.9. The molecule has 0 N–H and O–H groups in total. The van der Waals surface area contributed by atoms with E-state index in [0.717, 1.165) is 34.1 Å². The van der Waals surface area contributed by atoms with Crippen LogP contribution in [0.2, 0.25) is 0 Å². The van der Waals surface area contributed by atoms with Gasteiger partial charge in [-0.2, -0.15) is 0 Å². The molecule has 2 nitrogen and oxygen atoms in total. The normalized spacial score (nSPS) is 12.4. The molecule has 0 bridgehead atoms. The molecule has 0 spiro atoms. The molecule has 0 unspecified atom stereocenters. The highest BCUT2D eigenvalue weighted by molar-refractivity contribution is 6.14. The van der Waals surface area contributed by atoms with Gasteiger partial charge in [-0.3, -0.25) is 0 Å². The molecule has 346 valence electrons. The lowest BCUT2D eigenvalue weighted by Gasteiger charge is -2.30. The van der Waals surface area contributed by atoms with Gasteiger partial charge in [0.2, 0.25) is 0 Å². The van der Waals surface area contributed by atoms with Crippen molar-refractivity contribution in [3.63, 3.8) is 0 Å². The SMILES string of the molecule is CC1(C)c2cc(N(c3ccccc3)c3ccc(-c4ccc(-c5ccccc5)cc4)cc3)ccc2-c2ccc(N(c3ccc(-c4ccc(-c5ccccc5)cc4)cc3)c3cc4ccccc4c4ccccc34)cc21. The van der Waals surface area contributed by atoms with Gasteiger partial charge < -0.3 is 9.80 Å². The number of benzene rings is 12. The zero-order valence-electron chi connectivity index (χ0n) is 41.0. The van der Waals surface area contributed by atoms with Crippen molar-refractivity contribution in [3.05, 3.63) is 290 Å². The van der Waals surface area contributed by atoms with Gasteiger partial charge in [0.05, 0.1) is 5.69 Å². The minimum atomic E-state index is -0.290. The Morgan fingerprint density at radius 1 is 0.247 bits per heavy atom. The third kappa shape index (κ3) is 7.95. The summed E-state index contributed by atoms with van der Waals surface area (Å²) in [7, 11) is 0. The Hall–Kier alpha value is -9.24. The quantitative estimate of drug-likeness (QED) is 0.126.